The highest BCUT2D eigenvalue weighted by atomic mass is 16.3. The zero-order chi connectivity index (χ0) is 13.9. The molecule has 1 aliphatic rings. The lowest BCUT2D eigenvalue weighted by Gasteiger charge is -2.41. The number of hydrogen-bond donors (Lipinski definition) is 1. The van der Waals surface area contributed by atoms with Crippen molar-refractivity contribution in [3.05, 3.63) is 30.1 Å². The second kappa shape index (κ2) is 5.70. The molecule has 0 saturated carbocycles. The maximum Gasteiger partial charge on any atom is 0.222 e. The number of piperidine rings is 1. The van der Waals surface area contributed by atoms with Gasteiger partial charge in [-0.25, -0.2) is 0 Å². The Kier molecular flexibility index (Phi) is 4.20. The summed E-state index contributed by atoms with van der Waals surface area (Å²) in [4.78, 5) is 18.3. The number of carbonyl (C=O) groups excluding carboxylic acids is 1. The third-order valence-corrected chi connectivity index (χ3v) is 3.85. The third-order valence-electron chi connectivity index (χ3n) is 3.85. The average molecular weight is 262 g/mol. The van der Waals surface area contributed by atoms with Crippen LogP contribution in [0.5, 0.6) is 0 Å². The van der Waals surface area contributed by atoms with Crippen LogP contribution in [0.15, 0.2) is 24.4 Å². The summed E-state index contributed by atoms with van der Waals surface area (Å²) in [5.74, 6) is 0.158. The van der Waals surface area contributed by atoms with E-state index in [0.717, 1.165) is 5.69 Å². The largest absolute Gasteiger partial charge is 0.392 e. The number of aromatic nitrogens is 1. The number of pyridine rings is 1. The number of carbonyl (C=O) groups is 1. The van der Waals surface area contributed by atoms with Gasteiger partial charge in [-0.2, -0.15) is 0 Å². The molecule has 19 heavy (non-hydrogen) atoms. The average Bonchev–Trinajstić information content (AvgIpc) is 2.40. The summed E-state index contributed by atoms with van der Waals surface area (Å²) in [6.07, 6.45) is 3.28. The highest BCUT2D eigenvalue weighted by molar-refractivity contribution is 5.76. The molecular weight excluding hydrogens is 240 g/mol. The number of aryl methyl sites for hydroxylation is 1. The first-order chi connectivity index (χ1) is 8.99. The molecule has 4 heteroatoms. The van der Waals surface area contributed by atoms with Crippen molar-refractivity contribution in [3.63, 3.8) is 0 Å². The summed E-state index contributed by atoms with van der Waals surface area (Å²) in [6.45, 7) is 5.31. The molecule has 1 amide bonds. The van der Waals surface area contributed by atoms with Crippen molar-refractivity contribution in [3.8, 4) is 0 Å². The lowest BCUT2D eigenvalue weighted by molar-refractivity contribution is -0.137. The minimum absolute atomic E-state index is 0.158. The number of hydrogen-bond acceptors (Lipinski definition) is 3. The summed E-state index contributed by atoms with van der Waals surface area (Å²) < 4.78 is 0. The Bertz CT molecular complexity index is 431. The van der Waals surface area contributed by atoms with Crippen molar-refractivity contribution in [1.29, 1.82) is 0 Å². The van der Waals surface area contributed by atoms with E-state index in [9.17, 15) is 9.90 Å². The molecule has 1 fully saturated rings. The van der Waals surface area contributed by atoms with Gasteiger partial charge in [-0.3, -0.25) is 9.78 Å². The Balaban J connectivity index is 1.87. The highest BCUT2D eigenvalue weighted by Crippen LogP contribution is 2.29. The van der Waals surface area contributed by atoms with E-state index in [4.69, 9.17) is 0 Å². The summed E-state index contributed by atoms with van der Waals surface area (Å²) in [6, 6.07) is 5.75. The summed E-state index contributed by atoms with van der Waals surface area (Å²) in [7, 11) is 0. The van der Waals surface area contributed by atoms with Gasteiger partial charge in [0.2, 0.25) is 5.91 Å². The van der Waals surface area contributed by atoms with E-state index in [2.05, 4.69) is 4.98 Å². The van der Waals surface area contributed by atoms with Crippen LogP contribution in [0.4, 0.5) is 0 Å². The van der Waals surface area contributed by atoms with Crippen LogP contribution in [0.3, 0.4) is 0 Å². The van der Waals surface area contributed by atoms with Gasteiger partial charge in [0.25, 0.3) is 0 Å². The van der Waals surface area contributed by atoms with Crippen molar-refractivity contribution in [2.75, 3.05) is 13.1 Å². The number of aliphatic hydroxyl groups excluding tert-OH is 1. The van der Waals surface area contributed by atoms with Gasteiger partial charge in [0.1, 0.15) is 0 Å². The summed E-state index contributed by atoms with van der Waals surface area (Å²) in [5.41, 5.74) is 0.742. The zero-order valence-electron chi connectivity index (χ0n) is 11.7. The smallest absolute Gasteiger partial charge is 0.222 e. The first kappa shape index (κ1) is 14.0. The molecule has 2 rings (SSSR count). The van der Waals surface area contributed by atoms with Gasteiger partial charge in [-0.05, 0) is 25.0 Å². The van der Waals surface area contributed by atoms with Crippen LogP contribution in [0, 0.1) is 5.41 Å². The van der Waals surface area contributed by atoms with E-state index in [1.807, 2.05) is 36.9 Å². The molecule has 1 atom stereocenters. The molecule has 0 aliphatic carbocycles. The monoisotopic (exact) mass is 262 g/mol. The Hall–Kier alpha value is -1.42. The SMILES string of the molecule is CC1(C)CN(C(=O)CCc2ccccn2)CCC1O. The molecule has 1 aromatic heterocycles. The number of nitrogens with zero attached hydrogens (tertiary/aromatic N) is 2. The molecule has 1 unspecified atom stereocenters. The second-order valence-corrected chi connectivity index (χ2v) is 5.93. The van der Waals surface area contributed by atoms with Crippen molar-refractivity contribution in [2.24, 2.45) is 5.41 Å². The minimum atomic E-state index is -0.313. The third kappa shape index (κ3) is 3.53. The Morgan fingerprint density at radius 3 is 2.95 bits per heavy atom. The first-order valence-corrected chi connectivity index (χ1v) is 6.85. The van der Waals surface area contributed by atoms with Crippen molar-refractivity contribution < 1.29 is 9.90 Å². The quantitative estimate of drug-likeness (QED) is 0.901. The van der Waals surface area contributed by atoms with Gasteiger partial charge >= 0.3 is 0 Å². The fraction of sp³-hybridized carbons (Fsp3) is 0.600. The normalized spacial score (nSPS) is 22.3. The molecule has 0 radical (unpaired) electrons. The molecule has 2 heterocycles. The maximum absolute atomic E-state index is 12.2. The predicted octanol–water partition coefficient (Wildman–Crippen LogP) is 1.63. The van der Waals surface area contributed by atoms with Crippen molar-refractivity contribution in [2.45, 2.75) is 39.2 Å². The van der Waals surface area contributed by atoms with Crippen molar-refractivity contribution >= 4 is 5.91 Å². The maximum atomic E-state index is 12.2. The van der Waals surface area contributed by atoms with Crippen LogP contribution >= 0.6 is 0 Å². The summed E-state index contributed by atoms with van der Waals surface area (Å²) >= 11 is 0. The van der Waals surface area contributed by atoms with E-state index in [0.29, 0.717) is 32.4 Å². The summed E-state index contributed by atoms with van der Waals surface area (Å²) in [5, 5.41) is 9.90. The molecule has 1 aromatic rings. The number of amides is 1. The Morgan fingerprint density at radius 1 is 1.53 bits per heavy atom. The van der Waals surface area contributed by atoms with Gasteiger partial charge in [0.15, 0.2) is 0 Å². The number of rotatable bonds is 3. The van der Waals surface area contributed by atoms with Crippen LogP contribution in [0.25, 0.3) is 0 Å². The van der Waals surface area contributed by atoms with Crippen LogP contribution in [-0.4, -0.2) is 40.1 Å². The lowest BCUT2D eigenvalue weighted by Crippen LogP contribution is -2.50. The van der Waals surface area contributed by atoms with Gasteiger partial charge in [0, 0.05) is 36.8 Å². The standard InChI is InChI=1S/C15H22N2O2/c1-15(2)11-17(10-8-13(15)18)14(19)7-6-12-5-3-4-9-16-12/h3-5,9,13,18H,6-8,10-11H2,1-2H3. The molecule has 1 aliphatic heterocycles. The van der Waals surface area contributed by atoms with E-state index in [1.54, 1.807) is 6.20 Å². The lowest BCUT2D eigenvalue weighted by atomic mass is 9.81. The van der Waals surface area contributed by atoms with E-state index < -0.39 is 0 Å². The molecule has 0 bridgehead atoms. The molecule has 4 nitrogen and oxygen atoms in total. The molecular formula is C15H22N2O2. The Morgan fingerprint density at radius 2 is 2.32 bits per heavy atom. The van der Waals surface area contributed by atoms with Gasteiger partial charge < -0.3 is 10.0 Å². The van der Waals surface area contributed by atoms with Crippen LogP contribution in [0.1, 0.15) is 32.4 Å². The first-order valence-electron chi connectivity index (χ1n) is 6.85. The second-order valence-electron chi connectivity index (χ2n) is 5.93. The Labute approximate surface area is 114 Å². The molecule has 104 valence electrons. The van der Waals surface area contributed by atoms with Gasteiger partial charge in [-0.15, -0.1) is 0 Å². The minimum Gasteiger partial charge on any atom is -0.392 e. The van der Waals surface area contributed by atoms with E-state index in [1.165, 1.54) is 0 Å². The fourth-order valence-electron chi connectivity index (χ4n) is 2.50. The number of aliphatic hydroxyl groups is 1. The molecule has 1 N–H and O–H groups in total. The topological polar surface area (TPSA) is 53.4 Å². The van der Waals surface area contributed by atoms with Crippen molar-refractivity contribution in [1.82, 2.24) is 9.88 Å². The van der Waals surface area contributed by atoms with E-state index >= 15 is 0 Å². The highest BCUT2D eigenvalue weighted by Gasteiger charge is 2.36. The predicted molar refractivity (Wildman–Crippen MR) is 73.5 cm³/mol. The van der Waals surface area contributed by atoms with Gasteiger partial charge in [-0.1, -0.05) is 19.9 Å². The van der Waals surface area contributed by atoms with Gasteiger partial charge in [0.05, 0.1) is 6.10 Å². The number of likely N-dealkylation sites (tertiary alicyclic amines) is 1. The fourth-order valence-corrected chi connectivity index (χ4v) is 2.50. The molecule has 0 spiro atoms. The van der Waals surface area contributed by atoms with Crippen LogP contribution < -0.4 is 0 Å². The molecule has 1 saturated heterocycles. The molecule has 0 aromatic carbocycles. The van der Waals surface area contributed by atoms with E-state index in [-0.39, 0.29) is 17.4 Å². The van der Waals surface area contributed by atoms with Crippen LogP contribution in [0.2, 0.25) is 0 Å². The zero-order valence-corrected chi connectivity index (χ0v) is 11.7. The van der Waals surface area contributed by atoms with Crippen LogP contribution in [-0.2, 0) is 11.2 Å².